The van der Waals surface area contributed by atoms with E-state index in [1.54, 1.807) is 24.3 Å². The third kappa shape index (κ3) is 7.79. The number of ether oxygens (including phenoxy) is 1. The highest BCUT2D eigenvalue weighted by molar-refractivity contribution is 6.31. The van der Waals surface area contributed by atoms with Crippen molar-refractivity contribution in [3.8, 4) is 22.9 Å². The van der Waals surface area contributed by atoms with Crippen LogP contribution in [0.5, 0.6) is 11.5 Å². The van der Waals surface area contributed by atoms with E-state index in [4.69, 9.17) is 26.2 Å². The fourth-order valence-electron chi connectivity index (χ4n) is 2.55. The number of carboxylic acids is 1. The maximum Gasteiger partial charge on any atom is 0.490 e. The van der Waals surface area contributed by atoms with Gasteiger partial charge in [-0.15, -0.1) is 5.10 Å². The van der Waals surface area contributed by atoms with Crippen LogP contribution in [-0.4, -0.2) is 42.4 Å². The summed E-state index contributed by atoms with van der Waals surface area (Å²) < 4.78 is 76.5. The second-order valence-corrected chi connectivity index (χ2v) is 7.24. The van der Waals surface area contributed by atoms with Crippen LogP contribution in [0.15, 0.2) is 61.2 Å². The molecule has 2 aromatic heterocycles. The van der Waals surface area contributed by atoms with Gasteiger partial charge in [0.25, 0.3) is 0 Å². The van der Waals surface area contributed by atoms with Crippen LogP contribution in [0.4, 0.5) is 38.0 Å². The van der Waals surface area contributed by atoms with Crippen LogP contribution in [0, 0.1) is 0 Å². The molecule has 0 aliphatic heterocycles. The van der Waals surface area contributed by atoms with Gasteiger partial charge in [-0.3, -0.25) is 5.10 Å². The van der Waals surface area contributed by atoms with Crippen LogP contribution in [-0.2, 0) is 11.0 Å². The predicted octanol–water partition coefficient (Wildman–Crippen LogP) is 6.10. The fraction of sp³-hybridized carbons (Fsp3) is 0.0952. The van der Waals surface area contributed by atoms with Crippen molar-refractivity contribution in [2.24, 2.45) is 0 Å². The standard InChI is InChI=1S/C19H12ClF3N6O.C2HF3O2/c20-16-6-1-11(7-15(16)19(21,22)23)17-27-18(29-28-17)26-12-2-4-13(5-3-12)30-14-8-24-10-25-9-14;3-2(4,5)1(6)7/h1-10H,(H2,26,27,28,29);(H,6,7). The molecule has 9 nitrogen and oxygen atoms in total. The zero-order valence-electron chi connectivity index (χ0n) is 18.0. The number of H-pyrrole nitrogens is 1. The van der Waals surface area contributed by atoms with Gasteiger partial charge in [-0.1, -0.05) is 11.6 Å². The van der Waals surface area contributed by atoms with E-state index in [2.05, 4.69) is 30.5 Å². The summed E-state index contributed by atoms with van der Waals surface area (Å²) in [4.78, 5) is 20.8. The summed E-state index contributed by atoms with van der Waals surface area (Å²) in [6, 6.07) is 10.4. The molecule has 194 valence electrons. The first kappa shape index (κ1) is 27.2. The number of aromatic nitrogens is 5. The number of anilines is 2. The number of carbonyl (C=O) groups is 1. The van der Waals surface area contributed by atoms with Crippen molar-refractivity contribution in [2.75, 3.05) is 5.32 Å². The van der Waals surface area contributed by atoms with E-state index in [-0.39, 0.29) is 22.4 Å². The van der Waals surface area contributed by atoms with Crippen LogP contribution in [0.1, 0.15) is 5.56 Å². The molecule has 2 aromatic carbocycles. The molecule has 0 atom stereocenters. The number of nitrogens with zero attached hydrogens (tertiary/aromatic N) is 4. The Balaban J connectivity index is 0.000000479. The van der Waals surface area contributed by atoms with Crippen molar-refractivity contribution in [3.05, 3.63) is 71.8 Å². The number of hydrogen-bond acceptors (Lipinski definition) is 7. The van der Waals surface area contributed by atoms with Gasteiger partial charge in [-0.25, -0.2) is 14.8 Å². The van der Waals surface area contributed by atoms with Gasteiger partial charge in [0.05, 0.1) is 23.0 Å². The number of hydrogen-bond donors (Lipinski definition) is 3. The highest BCUT2D eigenvalue weighted by atomic mass is 35.5. The van der Waals surface area contributed by atoms with Crippen molar-refractivity contribution in [1.82, 2.24) is 25.1 Å². The van der Waals surface area contributed by atoms with E-state index in [9.17, 15) is 26.3 Å². The summed E-state index contributed by atoms with van der Waals surface area (Å²) in [6.45, 7) is 0. The van der Waals surface area contributed by atoms with Gasteiger partial charge in [-0.2, -0.15) is 31.3 Å². The lowest BCUT2D eigenvalue weighted by molar-refractivity contribution is -0.192. The molecule has 0 spiro atoms. The number of aliphatic carboxylic acids is 1. The summed E-state index contributed by atoms with van der Waals surface area (Å²) in [7, 11) is 0. The van der Waals surface area contributed by atoms with Gasteiger partial charge >= 0.3 is 18.3 Å². The van der Waals surface area contributed by atoms with E-state index in [1.165, 1.54) is 30.9 Å². The van der Waals surface area contributed by atoms with Gasteiger partial charge in [0.2, 0.25) is 5.95 Å². The van der Waals surface area contributed by atoms with Crippen LogP contribution < -0.4 is 10.1 Å². The third-order valence-corrected chi connectivity index (χ3v) is 4.49. The van der Waals surface area contributed by atoms with Crippen LogP contribution in [0.3, 0.4) is 0 Å². The highest BCUT2D eigenvalue weighted by Crippen LogP contribution is 2.36. The van der Waals surface area contributed by atoms with Gasteiger partial charge in [0, 0.05) is 11.3 Å². The van der Waals surface area contributed by atoms with Crippen molar-refractivity contribution in [1.29, 1.82) is 0 Å². The fourth-order valence-corrected chi connectivity index (χ4v) is 2.77. The Kier molecular flexibility index (Phi) is 8.17. The van der Waals surface area contributed by atoms with Crippen LogP contribution >= 0.6 is 11.6 Å². The maximum absolute atomic E-state index is 13.0. The number of aromatic amines is 1. The van der Waals surface area contributed by atoms with E-state index >= 15 is 0 Å². The molecular weight excluding hydrogens is 534 g/mol. The molecule has 0 aliphatic rings. The third-order valence-electron chi connectivity index (χ3n) is 4.16. The molecule has 4 rings (SSSR count). The van der Waals surface area contributed by atoms with E-state index in [1.807, 2.05) is 0 Å². The molecule has 0 bridgehead atoms. The lowest BCUT2D eigenvalue weighted by atomic mass is 10.1. The average Bonchev–Trinajstić information content (AvgIpc) is 3.29. The van der Waals surface area contributed by atoms with E-state index < -0.39 is 23.9 Å². The lowest BCUT2D eigenvalue weighted by Crippen LogP contribution is -2.21. The molecule has 16 heteroatoms. The zero-order valence-corrected chi connectivity index (χ0v) is 18.7. The lowest BCUT2D eigenvalue weighted by Gasteiger charge is -2.09. The Morgan fingerprint density at radius 3 is 2.16 bits per heavy atom. The average molecular weight is 547 g/mol. The Labute approximate surface area is 208 Å². The normalized spacial score (nSPS) is 11.3. The summed E-state index contributed by atoms with van der Waals surface area (Å²) in [5.41, 5.74) is -0.0719. The van der Waals surface area contributed by atoms with Crippen molar-refractivity contribution in [3.63, 3.8) is 0 Å². The number of carboxylic acid groups (broad SMARTS) is 1. The van der Waals surface area contributed by atoms with Gasteiger partial charge in [0.1, 0.15) is 12.1 Å². The number of alkyl halides is 6. The molecule has 0 radical (unpaired) electrons. The molecule has 3 N–H and O–H groups in total. The predicted molar refractivity (Wildman–Crippen MR) is 117 cm³/mol. The van der Waals surface area contributed by atoms with Gasteiger partial charge < -0.3 is 15.2 Å². The molecule has 0 amide bonds. The van der Waals surface area contributed by atoms with E-state index in [0.717, 1.165) is 6.07 Å². The molecule has 0 unspecified atom stereocenters. The zero-order chi connectivity index (χ0) is 27.2. The molecule has 0 saturated carbocycles. The Morgan fingerprint density at radius 1 is 0.973 bits per heavy atom. The van der Waals surface area contributed by atoms with Crippen molar-refractivity contribution >= 4 is 29.2 Å². The minimum atomic E-state index is -5.08. The summed E-state index contributed by atoms with van der Waals surface area (Å²) in [5.74, 6) is -1.32. The first-order valence-electron chi connectivity index (χ1n) is 9.72. The summed E-state index contributed by atoms with van der Waals surface area (Å²) >= 11 is 5.65. The van der Waals surface area contributed by atoms with E-state index in [0.29, 0.717) is 17.2 Å². The van der Waals surface area contributed by atoms with Crippen LogP contribution in [0.25, 0.3) is 11.4 Å². The number of rotatable bonds is 5. The highest BCUT2D eigenvalue weighted by Gasteiger charge is 2.38. The van der Waals surface area contributed by atoms with Gasteiger partial charge in [0.15, 0.2) is 11.6 Å². The number of nitrogens with one attached hydrogen (secondary N) is 2. The van der Waals surface area contributed by atoms with Gasteiger partial charge in [-0.05, 0) is 42.5 Å². The molecule has 37 heavy (non-hydrogen) atoms. The van der Waals surface area contributed by atoms with Crippen LogP contribution in [0.2, 0.25) is 5.02 Å². The van der Waals surface area contributed by atoms with Crippen molar-refractivity contribution in [2.45, 2.75) is 12.4 Å². The molecule has 0 fully saturated rings. The first-order chi connectivity index (χ1) is 17.3. The number of benzene rings is 2. The Hall–Kier alpha value is -4.40. The van der Waals surface area contributed by atoms with Crippen molar-refractivity contribution < 1.29 is 41.0 Å². The minimum Gasteiger partial charge on any atom is -0.475 e. The largest absolute Gasteiger partial charge is 0.490 e. The monoisotopic (exact) mass is 546 g/mol. The molecule has 2 heterocycles. The number of halogens is 7. The summed E-state index contributed by atoms with van der Waals surface area (Å²) in [6.07, 6.45) is -5.17. The Bertz CT molecular complexity index is 1350. The topological polar surface area (TPSA) is 126 Å². The SMILES string of the molecule is FC(F)(F)c1cc(-c2nc(Nc3ccc(Oc4cncnc4)cc3)n[nH]2)ccc1Cl.O=C(O)C(F)(F)F. The molecular formula is C21H13ClF6N6O3. The molecule has 0 aliphatic carbocycles. The summed E-state index contributed by atoms with van der Waals surface area (Å²) in [5, 5.41) is 16.3. The second kappa shape index (κ2) is 11.1. The first-order valence-corrected chi connectivity index (χ1v) is 10.1. The molecule has 0 saturated heterocycles. The molecule has 4 aromatic rings. The maximum atomic E-state index is 13.0. The second-order valence-electron chi connectivity index (χ2n) is 6.83. The Morgan fingerprint density at radius 2 is 1.59 bits per heavy atom. The minimum absolute atomic E-state index is 0.170. The quantitative estimate of drug-likeness (QED) is 0.256. The smallest absolute Gasteiger partial charge is 0.475 e.